The van der Waals surface area contributed by atoms with Gasteiger partial charge in [-0.1, -0.05) is 32.6 Å². The quantitative estimate of drug-likeness (QED) is 0.454. The summed E-state index contributed by atoms with van der Waals surface area (Å²) in [5, 5.41) is 20.3. The van der Waals surface area contributed by atoms with Crippen LogP contribution in [0.1, 0.15) is 39.0 Å². The lowest BCUT2D eigenvalue weighted by Gasteiger charge is -2.32. The smallest absolute Gasteiger partial charge is 0.119 e. The SMILES string of the molecule is CCCCCCC(O)C[N+](C)(C)CC(=O)[O-]. The topological polar surface area (TPSA) is 60.4 Å². The molecule has 0 aliphatic heterocycles. The maximum Gasteiger partial charge on any atom is 0.119 e. The second-order valence-corrected chi connectivity index (χ2v) is 5.15. The molecule has 0 aromatic rings. The first-order valence-electron chi connectivity index (χ1n) is 6.07. The van der Waals surface area contributed by atoms with Crippen LogP contribution < -0.4 is 5.11 Å². The Bertz CT molecular complexity index is 204. The molecule has 1 unspecified atom stereocenters. The molecular weight excluding hydrogens is 206 g/mol. The second-order valence-electron chi connectivity index (χ2n) is 5.15. The third kappa shape index (κ3) is 8.68. The van der Waals surface area contributed by atoms with Crippen molar-refractivity contribution in [1.29, 1.82) is 0 Å². The number of aliphatic carboxylic acids is 1. The summed E-state index contributed by atoms with van der Waals surface area (Å²) in [5.41, 5.74) is 0. The zero-order valence-electron chi connectivity index (χ0n) is 10.7. The number of carbonyl (C=O) groups excluding carboxylic acids is 1. The molecule has 0 rings (SSSR count). The minimum Gasteiger partial charge on any atom is -0.544 e. The number of carboxylic acid groups (broad SMARTS) is 1. The van der Waals surface area contributed by atoms with Crippen molar-refractivity contribution >= 4 is 5.97 Å². The molecule has 4 nitrogen and oxygen atoms in total. The van der Waals surface area contributed by atoms with Crippen molar-refractivity contribution < 1.29 is 19.5 Å². The summed E-state index contributed by atoms with van der Waals surface area (Å²) in [7, 11) is 3.59. The Morgan fingerprint density at radius 1 is 1.31 bits per heavy atom. The summed E-state index contributed by atoms with van der Waals surface area (Å²) < 4.78 is 0.275. The Morgan fingerprint density at radius 2 is 1.94 bits per heavy atom. The van der Waals surface area contributed by atoms with Crippen LogP contribution in [0.2, 0.25) is 0 Å². The van der Waals surface area contributed by atoms with E-state index in [4.69, 9.17) is 0 Å². The van der Waals surface area contributed by atoms with Crippen molar-refractivity contribution in [2.45, 2.75) is 45.1 Å². The molecule has 0 radical (unpaired) electrons. The molecule has 0 saturated heterocycles. The number of carbonyl (C=O) groups is 1. The lowest BCUT2D eigenvalue weighted by Crippen LogP contribution is -2.51. The maximum atomic E-state index is 10.5. The van der Waals surface area contributed by atoms with Gasteiger partial charge in [-0.25, -0.2) is 0 Å². The summed E-state index contributed by atoms with van der Waals surface area (Å²) in [6.07, 6.45) is 4.88. The van der Waals surface area contributed by atoms with Crippen LogP contribution in [0.3, 0.4) is 0 Å². The van der Waals surface area contributed by atoms with Gasteiger partial charge >= 0.3 is 0 Å². The van der Waals surface area contributed by atoms with Crippen molar-refractivity contribution in [3.05, 3.63) is 0 Å². The minimum atomic E-state index is -1.07. The molecule has 1 N–H and O–H groups in total. The van der Waals surface area contributed by atoms with Crippen LogP contribution in [-0.2, 0) is 4.79 Å². The number of likely N-dealkylation sites (N-methyl/N-ethyl adjacent to an activating group) is 1. The van der Waals surface area contributed by atoms with Gasteiger partial charge < -0.3 is 19.5 Å². The number of aliphatic hydroxyl groups excluding tert-OH is 1. The van der Waals surface area contributed by atoms with Gasteiger partial charge in [0.2, 0.25) is 0 Å². The van der Waals surface area contributed by atoms with Gasteiger partial charge in [-0.15, -0.1) is 0 Å². The van der Waals surface area contributed by atoms with E-state index in [9.17, 15) is 15.0 Å². The first kappa shape index (κ1) is 15.4. The fourth-order valence-electron chi connectivity index (χ4n) is 1.88. The molecule has 0 aromatic heterocycles. The maximum absolute atomic E-state index is 10.5. The van der Waals surface area contributed by atoms with Crippen LogP contribution in [-0.4, -0.2) is 48.8 Å². The van der Waals surface area contributed by atoms with Crippen LogP contribution >= 0.6 is 0 Å². The summed E-state index contributed by atoms with van der Waals surface area (Å²) in [6, 6.07) is 0. The monoisotopic (exact) mass is 231 g/mol. The zero-order chi connectivity index (χ0) is 12.6. The highest BCUT2D eigenvalue weighted by atomic mass is 16.4. The van der Waals surface area contributed by atoms with Crippen molar-refractivity contribution in [1.82, 2.24) is 0 Å². The molecule has 0 aliphatic carbocycles. The standard InChI is InChI=1S/C12H25NO3/c1-4-5-6-7-8-11(14)9-13(2,3)10-12(15)16/h11,14H,4-10H2,1-3H3. The van der Waals surface area contributed by atoms with E-state index in [1.807, 2.05) is 0 Å². The van der Waals surface area contributed by atoms with Gasteiger partial charge in [0.15, 0.2) is 0 Å². The van der Waals surface area contributed by atoms with Crippen molar-refractivity contribution in [3.63, 3.8) is 0 Å². The summed E-state index contributed by atoms with van der Waals surface area (Å²) in [4.78, 5) is 10.5. The van der Waals surface area contributed by atoms with Gasteiger partial charge in [0.25, 0.3) is 0 Å². The number of carboxylic acids is 1. The molecule has 0 fully saturated rings. The highest BCUT2D eigenvalue weighted by Gasteiger charge is 2.20. The molecule has 0 aliphatic rings. The van der Waals surface area contributed by atoms with Crippen LogP contribution in [0.25, 0.3) is 0 Å². The minimum absolute atomic E-state index is 0.0496. The van der Waals surface area contributed by atoms with E-state index in [1.165, 1.54) is 12.8 Å². The van der Waals surface area contributed by atoms with E-state index in [0.717, 1.165) is 19.3 Å². The predicted molar refractivity (Wildman–Crippen MR) is 61.6 cm³/mol. The Kier molecular flexibility index (Phi) is 7.34. The van der Waals surface area contributed by atoms with Crippen molar-refractivity contribution in [2.24, 2.45) is 0 Å². The third-order valence-electron chi connectivity index (χ3n) is 2.65. The number of quaternary nitrogens is 1. The summed E-state index contributed by atoms with van der Waals surface area (Å²) in [6.45, 7) is 2.57. The van der Waals surface area contributed by atoms with E-state index in [1.54, 1.807) is 14.1 Å². The fraction of sp³-hybridized carbons (Fsp3) is 0.917. The lowest BCUT2D eigenvalue weighted by molar-refractivity contribution is -0.887. The highest BCUT2D eigenvalue weighted by molar-refractivity contribution is 5.65. The molecule has 1 atom stereocenters. The average Bonchev–Trinajstić information content (AvgIpc) is 2.09. The average molecular weight is 231 g/mol. The molecular formula is C12H25NO3. The lowest BCUT2D eigenvalue weighted by atomic mass is 10.1. The number of hydrogen-bond donors (Lipinski definition) is 1. The summed E-state index contributed by atoms with van der Waals surface area (Å²) in [5.74, 6) is -1.07. The number of nitrogens with zero attached hydrogens (tertiary/aromatic N) is 1. The Balaban J connectivity index is 3.75. The van der Waals surface area contributed by atoms with Crippen LogP contribution in [0.4, 0.5) is 0 Å². The van der Waals surface area contributed by atoms with E-state index in [-0.39, 0.29) is 11.0 Å². The molecule has 0 bridgehead atoms. The van der Waals surface area contributed by atoms with Gasteiger partial charge in [0.05, 0.1) is 20.1 Å². The van der Waals surface area contributed by atoms with Crippen LogP contribution in [0.5, 0.6) is 0 Å². The second kappa shape index (κ2) is 7.63. The molecule has 0 aromatic carbocycles. The number of aliphatic hydroxyl groups is 1. The largest absolute Gasteiger partial charge is 0.544 e. The van der Waals surface area contributed by atoms with Crippen molar-refractivity contribution in [2.75, 3.05) is 27.2 Å². The molecule has 0 saturated carbocycles. The molecule has 0 heterocycles. The summed E-state index contributed by atoms with van der Waals surface area (Å²) >= 11 is 0. The number of rotatable bonds is 9. The van der Waals surface area contributed by atoms with E-state index < -0.39 is 12.1 Å². The van der Waals surface area contributed by atoms with Crippen molar-refractivity contribution in [3.8, 4) is 0 Å². The molecule has 16 heavy (non-hydrogen) atoms. The van der Waals surface area contributed by atoms with Gasteiger partial charge in [-0.2, -0.15) is 0 Å². The van der Waals surface area contributed by atoms with Gasteiger partial charge in [0, 0.05) is 0 Å². The Hall–Kier alpha value is -0.610. The predicted octanol–water partition coefficient (Wildman–Crippen LogP) is 0.144. The Morgan fingerprint density at radius 3 is 2.44 bits per heavy atom. The molecule has 0 amide bonds. The number of hydrogen-bond acceptors (Lipinski definition) is 3. The Labute approximate surface area is 98.5 Å². The van der Waals surface area contributed by atoms with Gasteiger partial charge in [-0.05, 0) is 6.42 Å². The van der Waals surface area contributed by atoms with Gasteiger partial charge in [0.1, 0.15) is 19.2 Å². The third-order valence-corrected chi connectivity index (χ3v) is 2.65. The molecule has 0 spiro atoms. The number of unbranched alkanes of at least 4 members (excludes halogenated alkanes) is 3. The zero-order valence-corrected chi connectivity index (χ0v) is 10.7. The molecule has 96 valence electrons. The highest BCUT2D eigenvalue weighted by Crippen LogP contribution is 2.08. The normalized spacial score (nSPS) is 13.8. The van der Waals surface area contributed by atoms with Crippen LogP contribution in [0.15, 0.2) is 0 Å². The van der Waals surface area contributed by atoms with Gasteiger partial charge in [-0.3, -0.25) is 0 Å². The molecule has 4 heteroatoms. The fourth-order valence-corrected chi connectivity index (χ4v) is 1.88. The van der Waals surface area contributed by atoms with E-state index in [2.05, 4.69) is 6.92 Å². The first-order chi connectivity index (χ1) is 7.37. The first-order valence-corrected chi connectivity index (χ1v) is 6.07. The van der Waals surface area contributed by atoms with E-state index in [0.29, 0.717) is 6.54 Å². The van der Waals surface area contributed by atoms with E-state index >= 15 is 0 Å². The van der Waals surface area contributed by atoms with Crippen LogP contribution in [0, 0.1) is 0 Å².